The molecule has 0 aliphatic carbocycles. The number of amides is 1. The third-order valence-electron chi connectivity index (χ3n) is 5.61. The minimum absolute atomic E-state index is 0.153. The van der Waals surface area contributed by atoms with Crippen molar-refractivity contribution in [1.82, 2.24) is 19.7 Å². The number of aryl methyl sites for hydroxylation is 3. The summed E-state index contributed by atoms with van der Waals surface area (Å²) in [5, 5.41) is 14.7. The van der Waals surface area contributed by atoms with Gasteiger partial charge in [0.1, 0.15) is 5.75 Å². The first-order valence-electron chi connectivity index (χ1n) is 11.6. The van der Waals surface area contributed by atoms with Crippen LogP contribution in [0.15, 0.2) is 65.7 Å². The van der Waals surface area contributed by atoms with Crippen LogP contribution < -0.4 is 10.1 Å². The molecule has 0 fully saturated rings. The highest BCUT2D eigenvalue weighted by Crippen LogP contribution is 2.28. The van der Waals surface area contributed by atoms with E-state index in [0.29, 0.717) is 22.7 Å². The molecule has 9 heteroatoms. The Morgan fingerprint density at radius 1 is 1.19 bits per heavy atom. The average Bonchev–Trinajstić information content (AvgIpc) is 3.47. The number of ether oxygens (including phenoxy) is 1. The van der Waals surface area contributed by atoms with Gasteiger partial charge in [-0.1, -0.05) is 42.1 Å². The second-order valence-electron chi connectivity index (χ2n) is 8.49. The number of allylic oxidation sites excluding steroid dienone is 1. The van der Waals surface area contributed by atoms with E-state index in [1.807, 2.05) is 54.1 Å². The number of rotatable bonds is 10. The van der Waals surface area contributed by atoms with Crippen LogP contribution in [-0.2, 0) is 11.3 Å². The number of aromatic nitrogens is 4. The van der Waals surface area contributed by atoms with Gasteiger partial charge in [0.15, 0.2) is 22.2 Å². The van der Waals surface area contributed by atoms with Crippen molar-refractivity contribution in [3.63, 3.8) is 0 Å². The van der Waals surface area contributed by atoms with Gasteiger partial charge in [0.2, 0.25) is 5.91 Å². The summed E-state index contributed by atoms with van der Waals surface area (Å²) in [5.41, 5.74) is 5.46. The largest absolute Gasteiger partial charge is 0.483 e. The first-order valence-corrected chi connectivity index (χ1v) is 13.4. The lowest BCUT2D eigenvalue weighted by molar-refractivity contribution is -0.113. The van der Waals surface area contributed by atoms with Gasteiger partial charge in [-0.25, -0.2) is 4.98 Å². The summed E-state index contributed by atoms with van der Waals surface area (Å²) < 4.78 is 8.01. The minimum Gasteiger partial charge on any atom is -0.483 e. The third-order valence-corrected chi connectivity index (χ3v) is 7.33. The summed E-state index contributed by atoms with van der Waals surface area (Å²) in [5.74, 6) is 1.48. The van der Waals surface area contributed by atoms with Gasteiger partial charge in [0.25, 0.3) is 0 Å². The first-order chi connectivity index (χ1) is 17.3. The second-order valence-corrected chi connectivity index (χ2v) is 10.3. The van der Waals surface area contributed by atoms with Gasteiger partial charge < -0.3 is 10.1 Å². The molecule has 36 heavy (non-hydrogen) atoms. The number of anilines is 1. The zero-order chi connectivity index (χ0) is 25.7. The van der Waals surface area contributed by atoms with Crippen molar-refractivity contribution < 1.29 is 9.53 Å². The molecular formula is C27H29N5O2S2. The predicted molar refractivity (Wildman–Crippen MR) is 147 cm³/mol. The van der Waals surface area contributed by atoms with E-state index in [-0.39, 0.29) is 17.8 Å². The molecule has 7 nitrogen and oxygen atoms in total. The topological polar surface area (TPSA) is 81.9 Å². The Balaban J connectivity index is 1.39. The molecule has 1 amide bonds. The highest BCUT2D eigenvalue weighted by molar-refractivity contribution is 7.99. The predicted octanol–water partition coefficient (Wildman–Crippen LogP) is 6.38. The molecule has 2 heterocycles. The Morgan fingerprint density at radius 2 is 2.03 bits per heavy atom. The van der Waals surface area contributed by atoms with Crippen LogP contribution in [0, 0.1) is 20.8 Å². The molecule has 0 saturated carbocycles. The van der Waals surface area contributed by atoms with Crippen molar-refractivity contribution in [2.45, 2.75) is 45.5 Å². The van der Waals surface area contributed by atoms with Gasteiger partial charge in [-0.05, 0) is 62.6 Å². The summed E-state index contributed by atoms with van der Waals surface area (Å²) in [6.07, 6.45) is 1.46. The molecular weight excluding hydrogens is 490 g/mol. The van der Waals surface area contributed by atoms with Crippen LogP contribution in [0.4, 0.5) is 5.13 Å². The molecule has 0 saturated heterocycles. The maximum absolute atomic E-state index is 12.6. The SMILES string of the molecule is C=CCn1c(SCC(=O)Nc2nc(-c3ccc(C)c(C)c3)cs2)nnc1C(C)Oc1cccc(C)c1. The minimum atomic E-state index is -0.318. The summed E-state index contributed by atoms with van der Waals surface area (Å²) in [6, 6.07) is 14.1. The number of nitrogens with one attached hydrogen (secondary N) is 1. The number of thioether (sulfide) groups is 1. The lowest BCUT2D eigenvalue weighted by atomic mass is 10.1. The summed E-state index contributed by atoms with van der Waals surface area (Å²) in [7, 11) is 0. The van der Waals surface area contributed by atoms with Crippen molar-refractivity contribution >= 4 is 34.1 Å². The van der Waals surface area contributed by atoms with Crippen molar-refractivity contribution in [1.29, 1.82) is 0 Å². The molecule has 0 spiro atoms. The van der Waals surface area contributed by atoms with Crippen LogP contribution in [0.2, 0.25) is 0 Å². The number of carbonyl (C=O) groups excluding carboxylic acids is 1. The van der Waals surface area contributed by atoms with E-state index in [1.165, 1.54) is 34.2 Å². The number of hydrogen-bond acceptors (Lipinski definition) is 7. The van der Waals surface area contributed by atoms with Crippen molar-refractivity contribution in [2.75, 3.05) is 11.1 Å². The molecule has 0 bridgehead atoms. The quantitative estimate of drug-likeness (QED) is 0.193. The molecule has 2 aromatic carbocycles. The zero-order valence-electron chi connectivity index (χ0n) is 20.8. The Kier molecular flexibility index (Phi) is 8.22. The van der Waals surface area contributed by atoms with E-state index < -0.39 is 0 Å². The van der Waals surface area contributed by atoms with Gasteiger partial charge in [0, 0.05) is 17.5 Å². The zero-order valence-corrected chi connectivity index (χ0v) is 22.4. The van der Waals surface area contributed by atoms with Gasteiger partial charge in [0.05, 0.1) is 11.4 Å². The molecule has 1 N–H and O–H groups in total. The Labute approximate surface area is 219 Å². The number of benzene rings is 2. The molecule has 0 aliphatic rings. The normalized spacial score (nSPS) is 11.8. The number of hydrogen-bond donors (Lipinski definition) is 1. The summed E-state index contributed by atoms with van der Waals surface area (Å²) in [6.45, 7) is 12.5. The van der Waals surface area contributed by atoms with Crippen LogP contribution in [0.25, 0.3) is 11.3 Å². The van der Waals surface area contributed by atoms with Gasteiger partial charge in [-0.2, -0.15) is 0 Å². The summed E-state index contributed by atoms with van der Waals surface area (Å²) >= 11 is 2.73. The van der Waals surface area contributed by atoms with E-state index in [9.17, 15) is 4.79 Å². The standard InChI is InChI=1S/C27H29N5O2S2/c1-6-12-32-25(20(5)34-22-9-7-8-17(2)13-22)30-31-27(32)36-16-24(33)29-26-28-23(15-35-26)21-11-10-18(3)19(4)14-21/h6-11,13-15,20H,1,12,16H2,2-5H3,(H,28,29,33). The monoisotopic (exact) mass is 519 g/mol. The average molecular weight is 520 g/mol. The van der Waals surface area contributed by atoms with E-state index >= 15 is 0 Å². The van der Waals surface area contributed by atoms with E-state index in [1.54, 1.807) is 6.08 Å². The molecule has 0 radical (unpaired) electrons. The van der Waals surface area contributed by atoms with Gasteiger partial charge in [-0.15, -0.1) is 28.1 Å². The molecule has 1 atom stereocenters. The molecule has 1 unspecified atom stereocenters. The van der Waals surface area contributed by atoms with Crippen LogP contribution >= 0.6 is 23.1 Å². The maximum Gasteiger partial charge on any atom is 0.236 e. The van der Waals surface area contributed by atoms with E-state index in [2.05, 4.69) is 53.1 Å². The smallest absolute Gasteiger partial charge is 0.236 e. The van der Waals surface area contributed by atoms with Crippen LogP contribution in [0.3, 0.4) is 0 Å². The van der Waals surface area contributed by atoms with Crippen molar-refractivity contribution in [3.8, 4) is 17.0 Å². The Morgan fingerprint density at radius 3 is 2.78 bits per heavy atom. The maximum atomic E-state index is 12.6. The van der Waals surface area contributed by atoms with E-state index in [4.69, 9.17) is 4.74 Å². The fraction of sp³-hybridized carbons (Fsp3) is 0.259. The fourth-order valence-electron chi connectivity index (χ4n) is 3.60. The van der Waals surface area contributed by atoms with Crippen molar-refractivity contribution in [3.05, 3.63) is 83.0 Å². The first kappa shape index (κ1) is 25.7. The lowest BCUT2D eigenvalue weighted by Crippen LogP contribution is -2.15. The van der Waals surface area contributed by atoms with Crippen LogP contribution in [0.5, 0.6) is 5.75 Å². The molecule has 2 aromatic heterocycles. The van der Waals surface area contributed by atoms with Crippen LogP contribution in [-0.4, -0.2) is 31.4 Å². The van der Waals surface area contributed by atoms with E-state index in [0.717, 1.165) is 22.6 Å². The Hall–Kier alpha value is -3.43. The van der Waals surface area contributed by atoms with Crippen molar-refractivity contribution in [2.24, 2.45) is 0 Å². The summed E-state index contributed by atoms with van der Waals surface area (Å²) in [4.78, 5) is 17.2. The fourth-order valence-corrected chi connectivity index (χ4v) is 5.09. The van der Waals surface area contributed by atoms with Crippen LogP contribution in [0.1, 0.15) is 35.5 Å². The highest BCUT2D eigenvalue weighted by atomic mass is 32.2. The highest BCUT2D eigenvalue weighted by Gasteiger charge is 2.20. The molecule has 186 valence electrons. The molecule has 0 aliphatic heterocycles. The molecule has 4 aromatic rings. The third kappa shape index (κ3) is 6.22. The number of carbonyl (C=O) groups is 1. The number of thiazole rings is 1. The van der Waals surface area contributed by atoms with Gasteiger partial charge >= 0.3 is 0 Å². The molecule has 4 rings (SSSR count). The second kappa shape index (κ2) is 11.5. The number of nitrogens with zero attached hydrogens (tertiary/aromatic N) is 4. The Bertz CT molecular complexity index is 1380. The lowest BCUT2D eigenvalue weighted by Gasteiger charge is -2.16. The van der Waals surface area contributed by atoms with Gasteiger partial charge in [-0.3, -0.25) is 9.36 Å².